The molecule has 7 nitrogen and oxygen atoms in total. The maximum absolute atomic E-state index is 13.6. The van der Waals surface area contributed by atoms with Gasteiger partial charge in [0.2, 0.25) is 21.8 Å². The Balaban J connectivity index is 2.49. The van der Waals surface area contributed by atoms with Gasteiger partial charge in [0.25, 0.3) is 0 Å². The molecule has 192 valence electrons. The highest BCUT2D eigenvalue weighted by Gasteiger charge is 2.32. The van der Waals surface area contributed by atoms with Crippen molar-refractivity contribution < 1.29 is 18.0 Å². The van der Waals surface area contributed by atoms with Gasteiger partial charge in [-0.25, -0.2) is 8.42 Å². The molecule has 2 aromatic rings. The molecule has 0 aliphatic rings. The van der Waals surface area contributed by atoms with Crippen LogP contribution in [0, 0.1) is 0 Å². The van der Waals surface area contributed by atoms with Gasteiger partial charge in [0.15, 0.2) is 0 Å². The Morgan fingerprint density at radius 1 is 1.00 bits per heavy atom. The van der Waals surface area contributed by atoms with E-state index in [4.69, 9.17) is 46.4 Å². The van der Waals surface area contributed by atoms with E-state index in [9.17, 15) is 18.0 Å². The van der Waals surface area contributed by atoms with Gasteiger partial charge in [-0.2, -0.15) is 0 Å². The molecule has 0 spiro atoms. The zero-order valence-electron chi connectivity index (χ0n) is 19.7. The summed E-state index contributed by atoms with van der Waals surface area (Å²) in [7, 11) is -3.95. The van der Waals surface area contributed by atoms with E-state index in [2.05, 4.69) is 5.32 Å². The Hall–Kier alpha value is -1.71. The Morgan fingerprint density at radius 2 is 1.60 bits per heavy atom. The molecular formula is C23H27Cl4N3O4S. The number of sulfonamides is 1. The number of halogens is 4. The number of nitrogens with one attached hydrogen (secondary N) is 1. The highest BCUT2D eigenvalue weighted by Crippen LogP contribution is 2.31. The summed E-state index contributed by atoms with van der Waals surface area (Å²) >= 11 is 24.9. The van der Waals surface area contributed by atoms with Crippen molar-refractivity contribution >= 4 is 73.9 Å². The zero-order valence-corrected chi connectivity index (χ0v) is 23.5. The van der Waals surface area contributed by atoms with Gasteiger partial charge < -0.3 is 10.2 Å². The van der Waals surface area contributed by atoms with Gasteiger partial charge in [0.1, 0.15) is 12.6 Å². The number of hydrogen-bond acceptors (Lipinski definition) is 4. The molecule has 0 unspecified atom stereocenters. The van der Waals surface area contributed by atoms with Crippen molar-refractivity contribution in [3.63, 3.8) is 0 Å². The second-order valence-electron chi connectivity index (χ2n) is 8.08. The molecule has 0 aliphatic heterocycles. The van der Waals surface area contributed by atoms with Crippen LogP contribution >= 0.6 is 46.4 Å². The summed E-state index contributed by atoms with van der Waals surface area (Å²) in [6.45, 7) is 4.57. The van der Waals surface area contributed by atoms with Gasteiger partial charge in [-0.15, -0.1) is 0 Å². The van der Waals surface area contributed by atoms with Crippen molar-refractivity contribution in [1.29, 1.82) is 0 Å². The quantitative estimate of drug-likeness (QED) is 0.406. The van der Waals surface area contributed by atoms with Crippen molar-refractivity contribution in [2.75, 3.05) is 17.1 Å². The molecule has 12 heteroatoms. The van der Waals surface area contributed by atoms with Crippen LogP contribution in [0.5, 0.6) is 0 Å². The van der Waals surface area contributed by atoms with Crippen molar-refractivity contribution in [3.8, 4) is 0 Å². The smallest absolute Gasteiger partial charge is 0.244 e. The van der Waals surface area contributed by atoms with Crippen LogP contribution in [0.2, 0.25) is 20.1 Å². The molecule has 1 N–H and O–H groups in total. The first-order chi connectivity index (χ1) is 16.3. The Morgan fingerprint density at radius 3 is 2.14 bits per heavy atom. The number of anilines is 1. The van der Waals surface area contributed by atoms with Crippen molar-refractivity contribution in [1.82, 2.24) is 10.2 Å². The van der Waals surface area contributed by atoms with E-state index in [0.29, 0.717) is 22.0 Å². The third kappa shape index (κ3) is 7.89. The first-order valence-corrected chi connectivity index (χ1v) is 14.1. The number of nitrogens with zero attached hydrogens (tertiary/aromatic N) is 2. The van der Waals surface area contributed by atoms with E-state index in [-0.39, 0.29) is 28.3 Å². The summed E-state index contributed by atoms with van der Waals surface area (Å²) in [5, 5.41) is 3.79. The lowest BCUT2D eigenvalue weighted by Crippen LogP contribution is -2.52. The Labute approximate surface area is 226 Å². The fraction of sp³-hybridized carbons (Fsp3) is 0.391. The average Bonchev–Trinajstić information content (AvgIpc) is 2.77. The Bertz CT molecular complexity index is 1170. The normalized spacial score (nSPS) is 13.1. The number of benzene rings is 2. The lowest BCUT2D eigenvalue weighted by Gasteiger charge is -2.32. The third-order valence-electron chi connectivity index (χ3n) is 5.41. The topological polar surface area (TPSA) is 86.8 Å². The number of amides is 2. The van der Waals surface area contributed by atoms with Crippen molar-refractivity contribution in [3.05, 3.63) is 62.1 Å². The molecule has 0 aromatic heterocycles. The van der Waals surface area contributed by atoms with Crippen LogP contribution in [0.1, 0.15) is 32.8 Å². The van der Waals surface area contributed by atoms with E-state index in [1.807, 2.05) is 13.8 Å². The van der Waals surface area contributed by atoms with Crippen LogP contribution in [0.25, 0.3) is 0 Å². The summed E-state index contributed by atoms with van der Waals surface area (Å²) in [5.41, 5.74) is 0.474. The van der Waals surface area contributed by atoms with Crippen LogP contribution in [0.3, 0.4) is 0 Å². The van der Waals surface area contributed by atoms with E-state index >= 15 is 0 Å². The summed E-state index contributed by atoms with van der Waals surface area (Å²) in [6.07, 6.45) is 1.64. The molecule has 0 saturated heterocycles. The average molecular weight is 583 g/mol. The van der Waals surface area contributed by atoms with E-state index < -0.39 is 34.4 Å². The predicted molar refractivity (Wildman–Crippen MR) is 143 cm³/mol. The van der Waals surface area contributed by atoms with E-state index in [1.165, 1.54) is 23.1 Å². The van der Waals surface area contributed by atoms with Crippen molar-refractivity contribution in [2.24, 2.45) is 0 Å². The Kier molecular flexibility index (Phi) is 10.5. The highest BCUT2D eigenvalue weighted by atomic mass is 35.5. The summed E-state index contributed by atoms with van der Waals surface area (Å²) < 4.78 is 26.1. The van der Waals surface area contributed by atoms with Crippen LogP contribution in [-0.4, -0.2) is 50.0 Å². The lowest BCUT2D eigenvalue weighted by atomic mass is 10.1. The molecule has 0 saturated carbocycles. The zero-order chi connectivity index (χ0) is 26.5. The van der Waals surface area contributed by atoms with Gasteiger partial charge in [-0.05, 0) is 50.6 Å². The molecule has 0 heterocycles. The van der Waals surface area contributed by atoms with Crippen LogP contribution in [0.4, 0.5) is 5.69 Å². The number of rotatable bonds is 10. The largest absolute Gasteiger partial charge is 0.352 e. The van der Waals surface area contributed by atoms with Crippen LogP contribution in [-0.2, 0) is 26.2 Å². The molecule has 0 fully saturated rings. The molecule has 2 amide bonds. The third-order valence-corrected chi connectivity index (χ3v) is 7.80. The van der Waals surface area contributed by atoms with Gasteiger partial charge in [0.05, 0.1) is 17.0 Å². The van der Waals surface area contributed by atoms with Crippen LogP contribution < -0.4 is 9.62 Å². The first-order valence-electron chi connectivity index (χ1n) is 10.7. The molecule has 2 aromatic carbocycles. The second kappa shape index (κ2) is 12.5. The molecule has 0 aliphatic carbocycles. The van der Waals surface area contributed by atoms with Gasteiger partial charge in [-0.3, -0.25) is 13.9 Å². The van der Waals surface area contributed by atoms with Crippen LogP contribution in [0.15, 0.2) is 36.4 Å². The number of carbonyl (C=O) groups is 2. The molecule has 35 heavy (non-hydrogen) atoms. The summed E-state index contributed by atoms with van der Waals surface area (Å²) in [5.74, 6) is -1.06. The SMILES string of the molecule is CC[C@H](C)NC(=O)[C@H](C)N(Cc1c(Cl)cccc1Cl)C(=O)CN(c1cc(Cl)ccc1Cl)S(C)(=O)=O. The fourth-order valence-electron chi connectivity index (χ4n) is 3.17. The highest BCUT2D eigenvalue weighted by molar-refractivity contribution is 7.92. The second-order valence-corrected chi connectivity index (χ2v) is 11.6. The minimum absolute atomic E-state index is 0.0439. The molecule has 0 radical (unpaired) electrons. The van der Waals surface area contributed by atoms with Gasteiger partial charge >= 0.3 is 0 Å². The standard InChI is InChI=1S/C23H27Cl4N3O4S/c1-5-14(2)28-23(32)15(3)29(12-17-18(25)7-6-8-19(17)26)22(31)13-30(35(4,33)34)21-11-16(24)9-10-20(21)27/h6-11,14-15H,5,12-13H2,1-4H3,(H,28,32)/t14-,15-/m0/s1. The monoisotopic (exact) mass is 581 g/mol. The molecule has 2 atom stereocenters. The predicted octanol–water partition coefficient (Wildman–Crippen LogP) is 5.40. The van der Waals surface area contributed by atoms with E-state index in [0.717, 1.165) is 10.6 Å². The summed E-state index contributed by atoms with van der Waals surface area (Å²) in [4.78, 5) is 27.7. The fourth-order valence-corrected chi connectivity index (χ4v) is 4.98. The number of hydrogen-bond donors (Lipinski definition) is 1. The van der Waals surface area contributed by atoms with E-state index in [1.54, 1.807) is 25.1 Å². The molecule has 2 rings (SSSR count). The maximum atomic E-state index is 13.6. The minimum Gasteiger partial charge on any atom is -0.352 e. The minimum atomic E-state index is -3.95. The first kappa shape index (κ1) is 29.5. The van der Waals surface area contributed by atoms with Gasteiger partial charge in [0, 0.05) is 33.2 Å². The number of carbonyl (C=O) groups excluding carboxylic acids is 2. The van der Waals surface area contributed by atoms with Gasteiger partial charge in [-0.1, -0.05) is 59.4 Å². The maximum Gasteiger partial charge on any atom is 0.244 e. The lowest BCUT2D eigenvalue weighted by molar-refractivity contribution is -0.139. The molecular weight excluding hydrogens is 556 g/mol. The van der Waals surface area contributed by atoms with Crippen molar-refractivity contribution in [2.45, 2.75) is 45.8 Å². The molecule has 0 bridgehead atoms. The summed E-state index contributed by atoms with van der Waals surface area (Å²) in [6, 6.07) is 8.10.